The van der Waals surface area contributed by atoms with Crippen LogP contribution in [0.2, 0.25) is 0 Å². The maximum Gasteiger partial charge on any atom is 0.335 e. The SMILES string of the molecule is O=C(O)c1ccnc(-c2ncccc2C2CCC(C(=O)O)CC2)c1. The van der Waals surface area contributed by atoms with Gasteiger partial charge in [0.05, 0.1) is 22.9 Å². The summed E-state index contributed by atoms with van der Waals surface area (Å²) in [6.45, 7) is 0. The van der Waals surface area contributed by atoms with E-state index in [9.17, 15) is 9.59 Å². The van der Waals surface area contributed by atoms with E-state index in [0.29, 0.717) is 24.2 Å². The fourth-order valence-corrected chi connectivity index (χ4v) is 3.31. The van der Waals surface area contributed by atoms with Crippen molar-refractivity contribution >= 4 is 11.9 Å². The number of pyridine rings is 2. The largest absolute Gasteiger partial charge is 0.481 e. The molecular weight excluding hydrogens is 308 g/mol. The van der Waals surface area contributed by atoms with Gasteiger partial charge in [0.2, 0.25) is 0 Å². The molecule has 124 valence electrons. The molecule has 1 aliphatic rings. The molecule has 1 aliphatic carbocycles. The molecule has 2 aromatic heterocycles. The first-order valence-electron chi connectivity index (χ1n) is 7.93. The van der Waals surface area contributed by atoms with Crippen LogP contribution >= 0.6 is 0 Å². The van der Waals surface area contributed by atoms with Gasteiger partial charge in [-0.2, -0.15) is 0 Å². The predicted molar refractivity (Wildman–Crippen MR) is 86.8 cm³/mol. The van der Waals surface area contributed by atoms with E-state index < -0.39 is 11.9 Å². The van der Waals surface area contributed by atoms with E-state index >= 15 is 0 Å². The zero-order valence-corrected chi connectivity index (χ0v) is 13.1. The van der Waals surface area contributed by atoms with Gasteiger partial charge in [-0.3, -0.25) is 14.8 Å². The van der Waals surface area contributed by atoms with Crippen molar-refractivity contribution < 1.29 is 19.8 Å². The molecule has 0 saturated heterocycles. The maximum absolute atomic E-state index is 11.2. The topological polar surface area (TPSA) is 100 Å². The van der Waals surface area contributed by atoms with Crippen LogP contribution in [0.1, 0.15) is 47.5 Å². The fourth-order valence-electron chi connectivity index (χ4n) is 3.31. The first-order chi connectivity index (χ1) is 11.6. The lowest BCUT2D eigenvalue weighted by molar-refractivity contribution is -0.142. The van der Waals surface area contributed by atoms with Crippen molar-refractivity contribution in [2.45, 2.75) is 31.6 Å². The Bertz CT molecular complexity index is 767. The van der Waals surface area contributed by atoms with Crippen molar-refractivity contribution in [3.8, 4) is 11.4 Å². The summed E-state index contributed by atoms with van der Waals surface area (Å²) in [6, 6.07) is 6.80. The zero-order chi connectivity index (χ0) is 17.1. The summed E-state index contributed by atoms with van der Waals surface area (Å²) in [5.74, 6) is -1.77. The van der Waals surface area contributed by atoms with Crippen molar-refractivity contribution in [3.63, 3.8) is 0 Å². The van der Waals surface area contributed by atoms with Crippen molar-refractivity contribution in [3.05, 3.63) is 47.8 Å². The molecule has 0 spiro atoms. The molecule has 2 heterocycles. The molecule has 0 aliphatic heterocycles. The monoisotopic (exact) mass is 326 g/mol. The third kappa shape index (κ3) is 3.27. The van der Waals surface area contributed by atoms with Crippen LogP contribution in [0.4, 0.5) is 0 Å². The second-order valence-electron chi connectivity index (χ2n) is 6.06. The summed E-state index contributed by atoms with van der Waals surface area (Å²) in [5.41, 5.74) is 2.40. The smallest absolute Gasteiger partial charge is 0.335 e. The summed E-state index contributed by atoms with van der Waals surface area (Å²) in [4.78, 5) is 31.0. The number of carboxylic acid groups (broad SMARTS) is 2. The standard InChI is InChI=1S/C18H18N2O4/c21-17(22)12-5-3-11(4-6-12)14-2-1-8-20-16(14)15-10-13(18(23)24)7-9-19-15/h1-2,7-12H,3-6H2,(H,21,22)(H,23,24). The molecule has 0 aromatic carbocycles. The molecule has 0 atom stereocenters. The summed E-state index contributed by atoms with van der Waals surface area (Å²) < 4.78 is 0. The van der Waals surface area contributed by atoms with Crippen LogP contribution in [0.5, 0.6) is 0 Å². The van der Waals surface area contributed by atoms with E-state index in [1.165, 1.54) is 18.3 Å². The number of hydrogen-bond acceptors (Lipinski definition) is 4. The van der Waals surface area contributed by atoms with Gasteiger partial charge < -0.3 is 10.2 Å². The first kappa shape index (κ1) is 16.1. The minimum atomic E-state index is -1.00. The highest BCUT2D eigenvalue weighted by Crippen LogP contribution is 2.38. The lowest BCUT2D eigenvalue weighted by Crippen LogP contribution is -2.21. The summed E-state index contributed by atoms with van der Waals surface area (Å²) in [6.07, 6.45) is 6.01. The number of aromatic nitrogens is 2. The third-order valence-corrected chi connectivity index (χ3v) is 4.60. The Morgan fingerprint density at radius 2 is 1.75 bits per heavy atom. The van der Waals surface area contributed by atoms with Gasteiger partial charge in [0.15, 0.2) is 0 Å². The van der Waals surface area contributed by atoms with E-state index in [0.717, 1.165) is 18.4 Å². The van der Waals surface area contributed by atoms with E-state index in [4.69, 9.17) is 10.2 Å². The normalized spacial score (nSPS) is 20.5. The number of aromatic carboxylic acids is 1. The molecule has 1 fully saturated rings. The second kappa shape index (κ2) is 6.78. The maximum atomic E-state index is 11.2. The number of carbonyl (C=O) groups is 2. The number of nitrogens with zero attached hydrogens (tertiary/aromatic N) is 2. The Kier molecular flexibility index (Phi) is 4.55. The van der Waals surface area contributed by atoms with Crippen LogP contribution in [-0.4, -0.2) is 32.1 Å². The van der Waals surface area contributed by atoms with Crippen LogP contribution in [0.25, 0.3) is 11.4 Å². The summed E-state index contributed by atoms with van der Waals surface area (Å²) in [5, 5.41) is 18.3. The molecule has 2 aromatic rings. The minimum Gasteiger partial charge on any atom is -0.481 e. The Labute approximate surface area is 139 Å². The molecule has 6 nitrogen and oxygen atoms in total. The average molecular weight is 326 g/mol. The molecule has 24 heavy (non-hydrogen) atoms. The van der Waals surface area contributed by atoms with Gasteiger partial charge in [-0.1, -0.05) is 6.07 Å². The summed E-state index contributed by atoms with van der Waals surface area (Å²) >= 11 is 0. The van der Waals surface area contributed by atoms with E-state index in [2.05, 4.69) is 9.97 Å². The van der Waals surface area contributed by atoms with Gasteiger partial charge in [-0.25, -0.2) is 4.79 Å². The Morgan fingerprint density at radius 3 is 2.42 bits per heavy atom. The van der Waals surface area contributed by atoms with Crippen molar-refractivity contribution in [2.75, 3.05) is 0 Å². The van der Waals surface area contributed by atoms with Crippen molar-refractivity contribution in [1.82, 2.24) is 9.97 Å². The van der Waals surface area contributed by atoms with Gasteiger partial charge in [-0.15, -0.1) is 0 Å². The zero-order valence-electron chi connectivity index (χ0n) is 13.1. The Hall–Kier alpha value is -2.76. The lowest BCUT2D eigenvalue weighted by atomic mass is 9.78. The van der Waals surface area contributed by atoms with E-state index in [1.807, 2.05) is 12.1 Å². The molecular formula is C18H18N2O4. The minimum absolute atomic E-state index is 0.172. The molecule has 3 rings (SSSR count). The highest BCUT2D eigenvalue weighted by Gasteiger charge is 2.28. The van der Waals surface area contributed by atoms with Crippen LogP contribution < -0.4 is 0 Å². The van der Waals surface area contributed by atoms with Gasteiger partial charge in [-0.05, 0) is 55.4 Å². The van der Waals surface area contributed by atoms with Crippen molar-refractivity contribution in [2.24, 2.45) is 5.92 Å². The number of aliphatic carboxylic acids is 1. The molecule has 1 saturated carbocycles. The third-order valence-electron chi connectivity index (χ3n) is 4.60. The molecule has 6 heteroatoms. The lowest BCUT2D eigenvalue weighted by Gasteiger charge is -2.27. The van der Waals surface area contributed by atoms with Crippen molar-refractivity contribution in [1.29, 1.82) is 0 Å². The Morgan fingerprint density at radius 1 is 1.00 bits per heavy atom. The van der Waals surface area contributed by atoms with Crippen LogP contribution in [0.15, 0.2) is 36.7 Å². The van der Waals surface area contributed by atoms with Crippen LogP contribution in [0, 0.1) is 5.92 Å². The summed E-state index contributed by atoms with van der Waals surface area (Å²) in [7, 11) is 0. The quantitative estimate of drug-likeness (QED) is 0.895. The van der Waals surface area contributed by atoms with Gasteiger partial charge in [0.1, 0.15) is 0 Å². The molecule has 0 unspecified atom stereocenters. The molecule has 0 amide bonds. The fraction of sp³-hybridized carbons (Fsp3) is 0.333. The average Bonchev–Trinajstić information content (AvgIpc) is 2.62. The predicted octanol–water partition coefficient (Wildman–Crippen LogP) is 3.20. The van der Waals surface area contributed by atoms with E-state index in [1.54, 1.807) is 6.20 Å². The van der Waals surface area contributed by atoms with E-state index in [-0.39, 0.29) is 17.4 Å². The van der Waals surface area contributed by atoms with Crippen LogP contribution in [-0.2, 0) is 4.79 Å². The first-order valence-corrected chi connectivity index (χ1v) is 7.93. The van der Waals surface area contributed by atoms with Crippen LogP contribution in [0.3, 0.4) is 0 Å². The molecule has 2 N–H and O–H groups in total. The van der Waals surface area contributed by atoms with Gasteiger partial charge in [0.25, 0.3) is 0 Å². The Balaban J connectivity index is 1.90. The number of hydrogen-bond donors (Lipinski definition) is 2. The highest BCUT2D eigenvalue weighted by molar-refractivity contribution is 5.88. The molecule has 0 radical (unpaired) electrons. The number of rotatable bonds is 4. The van der Waals surface area contributed by atoms with Gasteiger partial charge in [0, 0.05) is 12.4 Å². The van der Waals surface area contributed by atoms with Gasteiger partial charge >= 0.3 is 11.9 Å². The second-order valence-corrected chi connectivity index (χ2v) is 6.06. The molecule has 0 bridgehead atoms. The highest BCUT2D eigenvalue weighted by atomic mass is 16.4. The number of carboxylic acids is 2.